The lowest BCUT2D eigenvalue weighted by atomic mass is 10.1. The Hall–Kier alpha value is -3.35. The molecule has 0 unspecified atom stereocenters. The zero-order valence-corrected chi connectivity index (χ0v) is 14.6. The smallest absolute Gasteiger partial charge is 0.249 e. The lowest BCUT2D eigenvalue weighted by molar-refractivity contribution is 0.174. The van der Waals surface area contributed by atoms with Gasteiger partial charge in [-0.15, -0.1) is 5.10 Å². The molecule has 132 valence electrons. The first kappa shape index (κ1) is 16.1. The fraction of sp³-hybridized carbons (Fsp3) is 0.211. The number of fused-ring (bicyclic) bond motifs is 1. The zero-order valence-electron chi connectivity index (χ0n) is 14.6. The van der Waals surface area contributed by atoms with Gasteiger partial charge in [0.05, 0.1) is 6.20 Å². The second-order valence-electron chi connectivity index (χ2n) is 6.21. The van der Waals surface area contributed by atoms with Gasteiger partial charge in [-0.3, -0.25) is 0 Å². The number of rotatable bonds is 5. The van der Waals surface area contributed by atoms with Crippen molar-refractivity contribution in [3.63, 3.8) is 0 Å². The summed E-state index contributed by atoms with van der Waals surface area (Å²) in [5, 5.41) is 14.5. The van der Waals surface area contributed by atoms with E-state index in [9.17, 15) is 0 Å². The largest absolute Gasteiger partial charge is 0.454 e. The molecule has 4 rings (SSSR count). The Bertz CT molecular complexity index is 925. The van der Waals surface area contributed by atoms with Crippen LogP contribution in [0.5, 0.6) is 11.5 Å². The maximum Gasteiger partial charge on any atom is 0.249 e. The van der Waals surface area contributed by atoms with Crippen molar-refractivity contribution in [2.75, 3.05) is 17.4 Å². The third-order valence-electron chi connectivity index (χ3n) is 3.95. The van der Waals surface area contributed by atoms with Gasteiger partial charge in [-0.1, -0.05) is 12.1 Å². The van der Waals surface area contributed by atoms with Gasteiger partial charge in [0, 0.05) is 12.2 Å². The predicted octanol–water partition coefficient (Wildman–Crippen LogP) is 3.57. The fourth-order valence-electron chi connectivity index (χ4n) is 2.86. The van der Waals surface area contributed by atoms with E-state index in [1.165, 1.54) is 11.1 Å². The molecule has 2 N–H and O–H groups in total. The number of hydrogen-bond acceptors (Lipinski definition) is 7. The first-order valence-corrected chi connectivity index (χ1v) is 8.33. The summed E-state index contributed by atoms with van der Waals surface area (Å²) in [6.45, 7) is 4.98. The molecule has 1 aliphatic heterocycles. The van der Waals surface area contributed by atoms with Gasteiger partial charge in [-0.25, -0.2) is 0 Å². The molecule has 0 saturated carbocycles. The van der Waals surface area contributed by atoms with Gasteiger partial charge in [-0.05, 0) is 54.8 Å². The first-order chi connectivity index (χ1) is 12.7. The number of aromatic nitrogens is 3. The first-order valence-electron chi connectivity index (χ1n) is 8.33. The molecule has 0 saturated heterocycles. The molecular formula is C19H19N5O2. The monoisotopic (exact) mass is 349 g/mol. The molecule has 0 aliphatic carbocycles. The number of ether oxygens (including phenoxy) is 2. The lowest BCUT2D eigenvalue weighted by Gasteiger charge is -2.09. The normalized spacial score (nSPS) is 12.1. The second kappa shape index (κ2) is 6.87. The van der Waals surface area contributed by atoms with Crippen molar-refractivity contribution in [1.82, 2.24) is 15.2 Å². The van der Waals surface area contributed by atoms with Crippen LogP contribution in [0.15, 0.2) is 42.6 Å². The highest BCUT2D eigenvalue weighted by Crippen LogP contribution is 2.32. The predicted molar refractivity (Wildman–Crippen MR) is 98.9 cm³/mol. The van der Waals surface area contributed by atoms with E-state index in [-0.39, 0.29) is 6.79 Å². The Morgan fingerprint density at radius 3 is 2.65 bits per heavy atom. The topological polar surface area (TPSA) is 81.2 Å². The summed E-state index contributed by atoms with van der Waals surface area (Å²) in [5.74, 6) is 2.63. The molecule has 3 aromatic rings. The molecule has 0 fully saturated rings. The Morgan fingerprint density at radius 2 is 1.81 bits per heavy atom. The summed E-state index contributed by atoms with van der Waals surface area (Å²) in [5.41, 5.74) is 4.36. The Labute approximate surface area is 151 Å². The van der Waals surface area contributed by atoms with Crippen molar-refractivity contribution in [3.05, 3.63) is 59.3 Å². The number of nitrogens with zero attached hydrogens (tertiary/aromatic N) is 3. The molecular weight excluding hydrogens is 330 g/mol. The van der Waals surface area contributed by atoms with Gasteiger partial charge in [0.2, 0.25) is 12.7 Å². The molecule has 0 spiro atoms. The highest BCUT2D eigenvalue weighted by molar-refractivity contribution is 5.56. The summed E-state index contributed by atoms with van der Waals surface area (Å²) < 4.78 is 10.7. The molecule has 0 amide bonds. The summed E-state index contributed by atoms with van der Waals surface area (Å²) in [6.07, 6.45) is 1.60. The molecule has 26 heavy (non-hydrogen) atoms. The maximum absolute atomic E-state index is 5.40. The number of nitrogens with one attached hydrogen (secondary N) is 2. The summed E-state index contributed by atoms with van der Waals surface area (Å²) in [4.78, 5) is 4.46. The van der Waals surface area contributed by atoms with Gasteiger partial charge in [0.15, 0.2) is 17.3 Å². The Morgan fingerprint density at radius 1 is 1.00 bits per heavy atom. The van der Waals surface area contributed by atoms with Crippen LogP contribution in [0, 0.1) is 13.8 Å². The summed E-state index contributed by atoms with van der Waals surface area (Å²) in [7, 11) is 0. The molecule has 2 heterocycles. The molecule has 0 atom stereocenters. The van der Waals surface area contributed by atoms with Crippen molar-refractivity contribution >= 4 is 17.5 Å². The van der Waals surface area contributed by atoms with E-state index in [2.05, 4.69) is 45.7 Å². The molecule has 7 heteroatoms. The number of anilines is 3. The van der Waals surface area contributed by atoms with E-state index in [1.807, 2.05) is 30.3 Å². The van der Waals surface area contributed by atoms with Crippen LogP contribution in [0.3, 0.4) is 0 Å². The van der Waals surface area contributed by atoms with Crippen LogP contribution in [0.4, 0.5) is 17.5 Å². The Balaban J connectivity index is 1.44. The standard InChI is InChI=1S/C19H19N5O2/c1-12-5-13(2)7-15(6-12)22-19-23-18(10-21-24-19)20-9-14-3-4-16-17(8-14)26-11-25-16/h3-8,10H,9,11H2,1-2H3,(H2,20,22,23,24). The van der Waals surface area contributed by atoms with Crippen molar-refractivity contribution < 1.29 is 9.47 Å². The van der Waals surface area contributed by atoms with Crippen molar-refractivity contribution in [3.8, 4) is 11.5 Å². The highest BCUT2D eigenvalue weighted by atomic mass is 16.7. The van der Waals surface area contributed by atoms with Crippen LogP contribution >= 0.6 is 0 Å². The van der Waals surface area contributed by atoms with Gasteiger partial charge in [0.1, 0.15) is 0 Å². The van der Waals surface area contributed by atoms with Gasteiger partial charge < -0.3 is 20.1 Å². The Kier molecular flexibility index (Phi) is 4.27. The average molecular weight is 349 g/mol. The van der Waals surface area contributed by atoms with E-state index in [0.29, 0.717) is 18.3 Å². The minimum absolute atomic E-state index is 0.273. The van der Waals surface area contributed by atoms with Gasteiger partial charge >= 0.3 is 0 Å². The van der Waals surface area contributed by atoms with Crippen molar-refractivity contribution in [1.29, 1.82) is 0 Å². The van der Waals surface area contributed by atoms with E-state index < -0.39 is 0 Å². The third-order valence-corrected chi connectivity index (χ3v) is 3.95. The SMILES string of the molecule is Cc1cc(C)cc(Nc2nncc(NCc3ccc4c(c3)OCO4)n2)c1. The minimum atomic E-state index is 0.273. The minimum Gasteiger partial charge on any atom is -0.454 e. The second-order valence-corrected chi connectivity index (χ2v) is 6.21. The summed E-state index contributed by atoms with van der Waals surface area (Å²) >= 11 is 0. The maximum atomic E-state index is 5.40. The van der Waals surface area contributed by atoms with E-state index >= 15 is 0 Å². The molecule has 0 radical (unpaired) electrons. The lowest BCUT2D eigenvalue weighted by Crippen LogP contribution is -2.05. The number of hydrogen-bond donors (Lipinski definition) is 2. The quantitative estimate of drug-likeness (QED) is 0.729. The molecule has 1 aliphatic rings. The van der Waals surface area contributed by atoms with E-state index in [1.54, 1.807) is 6.20 Å². The summed E-state index contributed by atoms with van der Waals surface area (Å²) in [6, 6.07) is 12.1. The molecule has 2 aromatic carbocycles. The van der Waals surface area contributed by atoms with Crippen LogP contribution in [-0.4, -0.2) is 22.0 Å². The average Bonchev–Trinajstić information content (AvgIpc) is 3.07. The van der Waals surface area contributed by atoms with Crippen LogP contribution < -0.4 is 20.1 Å². The van der Waals surface area contributed by atoms with Crippen LogP contribution in [0.2, 0.25) is 0 Å². The molecule has 0 bridgehead atoms. The van der Waals surface area contributed by atoms with Gasteiger partial charge in [0.25, 0.3) is 0 Å². The molecule has 7 nitrogen and oxygen atoms in total. The van der Waals surface area contributed by atoms with Crippen molar-refractivity contribution in [2.45, 2.75) is 20.4 Å². The fourth-order valence-corrected chi connectivity index (χ4v) is 2.86. The van der Waals surface area contributed by atoms with E-state index in [4.69, 9.17) is 9.47 Å². The molecule has 1 aromatic heterocycles. The van der Waals surface area contributed by atoms with Crippen LogP contribution in [-0.2, 0) is 6.54 Å². The van der Waals surface area contributed by atoms with E-state index in [0.717, 1.165) is 22.7 Å². The number of benzene rings is 2. The highest BCUT2D eigenvalue weighted by Gasteiger charge is 2.13. The third kappa shape index (κ3) is 3.66. The number of aryl methyl sites for hydroxylation is 2. The van der Waals surface area contributed by atoms with Crippen LogP contribution in [0.1, 0.15) is 16.7 Å². The zero-order chi connectivity index (χ0) is 17.9. The van der Waals surface area contributed by atoms with Gasteiger partial charge in [-0.2, -0.15) is 10.1 Å². The van der Waals surface area contributed by atoms with Crippen molar-refractivity contribution in [2.24, 2.45) is 0 Å². The van der Waals surface area contributed by atoms with Crippen LogP contribution in [0.25, 0.3) is 0 Å².